The van der Waals surface area contributed by atoms with Crippen molar-refractivity contribution in [3.8, 4) is 0 Å². The minimum Gasteiger partial charge on any atom is -0.364 e. The predicted octanol–water partition coefficient (Wildman–Crippen LogP) is 2.80. The van der Waals surface area contributed by atoms with Gasteiger partial charge < -0.3 is 14.7 Å². The molecule has 122 valence electrons. The van der Waals surface area contributed by atoms with Crippen LogP contribution in [0.2, 0.25) is 5.02 Å². The maximum Gasteiger partial charge on any atom is 0.263 e. The number of benzene rings is 1. The van der Waals surface area contributed by atoms with Crippen molar-refractivity contribution in [2.75, 3.05) is 16.8 Å². The fourth-order valence-electron chi connectivity index (χ4n) is 2.93. The van der Waals surface area contributed by atoms with E-state index in [0.29, 0.717) is 35.2 Å². The third kappa shape index (κ3) is 2.46. The van der Waals surface area contributed by atoms with E-state index in [1.54, 1.807) is 11.0 Å². The van der Waals surface area contributed by atoms with Crippen molar-refractivity contribution in [3.63, 3.8) is 0 Å². The van der Waals surface area contributed by atoms with E-state index in [1.165, 1.54) is 6.33 Å². The van der Waals surface area contributed by atoms with Gasteiger partial charge in [0.25, 0.3) is 5.71 Å². The SMILES string of the molecule is Cc1noc2ncnc(N[C@@H]3CC(=O)N(c4ccccc4Cl)C3)c12. The van der Waals surface area contributed by atoms with Crippen LogP contribution in [0.25, 0.3) is 11.1 Å². The Kier molecular flexibility index (Phi) is 3.57. The Balaban J connectivity index is 1.59. The molecule has 1 saturated heterocycles. The number of halogens is 1. The highest BCUT2D eigenvalue weighted by molar-refractivity contribution is 6.33. The number of carbonyl (C=O) groups excluding carboxylic acids is 1. The molecule has 1 aliphatic rings. The number of nitrogens with one attached hydrogen (secondary N) is 1. The normalized spacial score (nSPS) is 17.7. The zero-order valence-corrected chi connectivity index (χ0v) is 13.6. The Hall–Kier alpha value is -2.67. The number of hydrogen-bond donors (Lipinski definition) is 1. The number of anilines is 2. The molecule has 24 heavy (non-hydrogen) atoms. The molecular formula is C16H14ClN5O2. The van der Waals surface area contributed by atoms with Crippen molar-refractivity contribution in [1.82, 2.24) is 15.1 Å². The molecule has 0 spiro atoms. The van der Waals surface area contributed by atoms with E-state index in [2.05, 4.69) is 20.4 Å². The summed E-state index contributed by atoms with van der Waals surface area (Å²) in [5, 5.41) is 8.51. The van der Waals surface area contributed by atoms with Gasteiger partial charge in [-0.25, -0.2) is 4.98 Å². The second-order valence-electron chi connectivity index (χ2n) is 5.67. The number of amides is 1. The molecule has 1 fully saturated rings. The van der Waals surface area contributed by atoms with Gasteiger partial charge in [-0.05, 0) is 19.1 Å². The number of hydrogen-bond acceptors (Lipinski definition) is 6. The molecule has 2 aromatic heterocycles. The summed E-state index contributed by atoms with van der Waals surface area (Å²) in [4.78, 5) is 22.4. The summed E-state index contributed by atoms with van der Waals surface area (Å²) in [6, 6.07) is 7.24. The summed E-state index contributed by atoms with van der Waals surface area (Å²) in [5.74, 6) is 0.644. The zero-order chi connectivity index (χ0) is 16.7. The second-order valence-corrected chi connectivity index (χ2v) is 6.08. The van der Waals surface area contributed by atoms with Gasteiger partial charge in [0.1, 0.15) is 17.5 Å². The van der Waals surface area contributed by atoms with Crippen molar-refractivity contribution < 1.29 is 9.32 Å². The summed E-state index contributed by atoms with van der Waals surface area (Å²) >= 11 is 6.21. The molecule has 8 heteroatoms. The number of para-hydroxylation sites is 1. The number of rotatable bonds is 3. The molecule has 3 heterocycles. The summed E-state index contributed by atoms with van der Waals surface area (Å²) in [6.07, 6.45) is 1.78. The Labute approximate surface area is 142 Å². The first kappa shape index (κ1) is 14.9. The molecule has 1 aromatic carbocycles. The summed E-state index contributed by atoms with van der Waals surface area (Å²) in [6.45, 7) is 2.34. The maximum atomic E-state index is 12.4. The van der Waals surface area contributed by atoms with Crippen LogP contribution in [0.1, 0.15) is 12.1 Å². The van der Waals surface area contributed by atoms with Crippen LogP contribution in [0.3, 0.4) is 0 Å². The molecule has 7 nitrogen and oxygen atoms in total. The molecule has 0 bridgehead atoms. The average molecular weight is 344 g/mol. The first-order chi connectivity index (χ1) is 11.6. The monoisotopic (exact) mass is 343 g/mol. The van der Waals surface area contributed by atoms with E-state index in [9.17, 15) is 4.79 Å². The van der Waals surface area contributed by atoms with Gasteiger partial charge in [-0.3, -0.25) is 4.79 Å². The topological polar surface area (TPSA) is 84.1 Å². The van der Waals surface area contributed by atoms with Gasteiger partial charge in [0, 0.05) is 13.0 Å². The number of fused-ring (bicyclic) bond motifs is 1. The number of nitrogens with zero attached hydrogens (tertiary/aromatic N) is 4. The van der Waals surface area contributed by atoms with Crippen LogP contribution in [0, 0.1) is 6.92 Å². The summed E-state index contributed by atoms with van der Waals surface area (Å²) in [7, 11) is 0. The lowest BCUT2D eigenvalue weighted by Gasteiger charge is -2.18. The van der Waals surface area contributed by atoms with Gasteiger partial charge >= 0.3 is 0 Å². The van der Waals surface area contributed by atoms with Crippen LogP contribution in [-0.4, -0.2) is 33.6 Å². The Morgan fingerprint density at radius 3 is 3.00 bits per heavy atom. The maximum absolute atomic E-state index is 12.4. The Morgan fingerprint density at radius 2 is 2.17 bits per heavy atom. The zero-order valence-electron chi connectivity index (χ0n) is 12.9. The van der Waals surface area contributed by atoms with E-state index in [-0.39, 0.29) is 11.9 Å². The van der Waals surface area contributed by atoms with Crippen molar-refractivity contribution in [2.24, 2.45) is 0 Å². The predicted molar refractivity (Wildman–Crippen MR) is 90.2 cm³/mol. The van der Waals surface area contributed by atoms with E-state index < -0.39 is 0 Å². The standard InChI is InChI=1S/C16H14ClN5O2/c1-9-14-15(18-8-19-16(14)24-21-9)20-10-6-13(23)22(7-10)12-5-3-2-4-11(12)17/h2-5,8,10H,6-7H2,1H3,(H,18,19,20)/t10-/m1/s1. The first-order valence-corrected chi connectivity index (χ1v) is 7.89. The van der Waals surface area contributed by atoms with Gasteiger partial charge in [-0.2, -0.15) is 4.98 Å². The van der Waals surface area contributed by atoms with Crippen molar-refractivity contribution in [1.29, 1.82) is 0 Å². The van der Waals surface area contributed by atoms with Crippen LogP contribution in [0.15, 0.2) is 35.1 Å². The third-order valence-electron chi connectivity index (χ3n) is 4.05. The average Bonchev–Trinajstić information content (AvgIpc) is 3.12. The van der Waals surface area contributed by atoms with Crippen LogP contribution in [0.4, 0.5) is 11.5 Å². The lowest BCUT2D eigenvalue weighted by Crippen LogP contribution is -2.28. The molecule has 1 aliphatic heterocycles. The second kappa shape index (κ2) is 5.76. The molecule has 3 aromatic rings. The molecule has 1 N–H and O–H groups in total. The van der Waals surface area contributed by atoms with Crippen LogP contribution >= 0.6 is 11.6 Å². The van der Waals surface area contributed by atoms with Gasteiger partial charge in [-0.15, -0.1) is 0 Å². The highest BCUT2D eigenvalue weighted by atomic mass is 35.5. The van der Waals surface area contributed by atoms with Gasteiger partial charge in [0.05, 0.1) is 22.4 Å². The first-order valence-electron chi connectivity index (χ1n) is 7.52. The molecule has 4 rings (SSSR count). The Bertz CT molecular complexity index is 926. The van der Waals surface area contributed by atoms with Crippen LogP contribution in [0.5, 0.6) is 0 Å². The van der Waals surface area contributed by atoms with Crippen LogP contribution < -0.4 is 10.2 Å². The fraction of sp³-hybridized carbons (Fsp3) is 0.250. The molecule has 0 unspecified atom stereocenters. The van der Waals surface area contributed by atoms with E-state index in [0.717, 1.165) is 11.1 Å². The molecule has 1 amide bonds. The number of aryl methyl sites for hydroxylation is 1. The Morgan fingerprint density at radius 1 is 1.33 bits per heavy atom. The third-order valence-corrected chi connectivity index (χ3v) is 4.37. The van der Waals surface area contributed by atoms with Crippen LogP contribution in [-0.2, 0) is 4.79 Å². The van der Waals surface area contributed by atoms with E-state index in [1.807, 2.05) is 25.1 Å². The van der Waals surface area contributed by atoms with Crippen molar-refractivity contribution in [3.05, 3.63) is 41.3 Å². The van der Waals surface area contributed by atoms with Crippen molar-refractivity contribution >= 4 is 40.1 Å². The molecule has 0 radical (unpaired) electrons. The van der Waals surface area contributed by atoms with E-state index >= 15 is 0 Å². The molecule has 0 saturated carbocycles. The lowest BCUT2D eigenvalue weighted by atomic mass is 10.2. The van der Waals surface area contributed by atoms with Crippen molar-refractivity contribution in [2.45, 2.75) is 19.4 Å². The highest BCUT2D eigenvalue weighted by Crippen LogP contribution is 2.30. The van der Waals surface area contributed by atoms with E-state index in [4.69, 9.17) is 16.1 Å². The number of carbonyl (C=O) groups is 1. The summed E-state index contributed by atoms with van der Waals surface area (Å²) in [5.41, 5.74) is 1.86. The largest absolute Gasteiger partial charge is 0.364 e. The lowest BCUT2D eigenvalue weighted by molar-refractivity contribution is -0.117. The molecule has 1 atom stereocenters. The van der Waals surface area contributed by atoms with Gasteiger partial charge in [-0.1, -0.05) is 28.9 Å². The minimum atomic E-state index is -0.0822. The molecule has 0 aliphatic carbocycles. The highest BCUT2D eigenvalue weighted by Gasteiger charge is 2.32. The van der Waals surface area contributed by atoms with Gasteiger partial charge in [0.2, 0.25) is 5.91 Å². The molecular weight excluding hydrogens is 330 g/mol. The smallest absolute Gasteiger partial charge is 0.263 e. The summed E-state index contributed by atoms with van der Waals surface area (Å²) < 4.78 is 5.15. The fourth-order valence-corrected chi connectivity index (χ4v) is 3.17. The quantitative estimate of drug-likeness (QED) is 0.787. The van der Waals surface area contributed by atoms with Gasteiger partial charge in [0.15, 0.2) is 0 Å². The number of aromatic nitrogens is 3. The minimum absolute atomic E-state index is 0.0212.